The molecule has 2 nitrogen and oxygen atoms in total. The Kier molecular flexibility index (Phi) is 5.23. The minimum Gasteiger partial charge on any atom is -0.232 e. The molecule has 8 aromatic carbocycles. The smallest absolute Gasteiger partial charge is 0.102 e. The summed E-state index contributed by atoms with van der Waals surface area (Å²) in [6.07, 6.45) is 0. The van der Waals surface area contributed by atoms with Crippen molar-refractivity contribution in [1.29, 1.82) is 0 Å². The second-order valence-electron chi connectivity index (χ2n) is 11.2. The molecule has 0 N–H and O–H groups in total. The van der Waals surface area contributed by atoms with Crippen LogP contribution in [0, 0.1) is 0 Å². The maximum absolute atomic E-state index is 5.40. The van der Waals surface area contributed by atoms with Gasteiger partial charge < -0.3 is 0 Å². The van der Waals surface area contributed by atoms with Crippen molar-refractivity contribution in [1.82, 2.24) is 9.78 Å². The molecule has 9 aromatic rings. The van der Waals surface area contributed by atoms with Gasteiger partial charge >= 0.3 is 0 Å². The standard InChI is InChI=1S/C41H26N2/c1-3-13-29-25-31(22-21-27(29)11-1)39-33-15-5-7-17-35(33)40(36-18-8-6-16-34(36)39)41-37-19-9-10-20-38(37)43(42-41)32-24-23-28-12-2-4-14-30(28)26-32/h1-26H. The van der Waals surface area contributed by atoms with Gasteiger partial charge in [0.2, 0.25) is 0 Å². The number of aromatic nitrogens is 2. The van der Waals surface area contributed by atoms with E-state index in [2.05, 4.69) is 162 Å². The van der Waals surface area contributed by atoms with Crippen LogP contribution in [-0.2, 0) is 0 Å². The van der Waals surface area contributed by atoms with Crippen LogP contribution in [0.15, 0.2) is 158 Å². The van der Waals surface area contributed by atoms with Crippen molar-refractivity contribution in [2.45, 2.75) is 0 Å². The first kappa shape index (κ1) is 23.9. The number of nitrogens with zero attached hydrogens (tertiary/aromatic N) is 2. The van der Waals surface area contributed by atoms with Gasteiger partial charge in [-0.3, -0.25) is 0 Å². The zero-order valence-electron chi connectivity index (χ0n) is 23.4. The minimum atomic E-state index is 1.00. The van der Waals surface area contributed by atoms with E-state index in [9.17, 15) is 0 Å². The Bertz CT molecular complexity index is 2460. The number of hydrogen-bond donors (Lipinski definition) is 0. The molecule has 0 saturated carbocycles. The molecule has 0 aliphatic heterocycles. The summed E-state index contributed by atoms with van der Waals surface area (Å²) in [4.78, 5) is 0. The summed E-state index contributed by atoms with van der Waals surface area (Å²) < 4.78 is 2.11. The Labute approximate surface area is 249 Å². The van der Waals surface area contributed by atoms with Gasteiger partial charge in [-0.1, -0.05) is 133 Å². The Morgan fingerprint density at radius 3 is 1.51 bits per heavy atom. The minimum absolute atomic E-state index is 1.00. The molecule has 1 heterocycles. The van der Waals surface area contributed by atoms with E-state index in [1.807, 2.05) is 0 Å². The van der Waals surface area contributed by atoms with Crippen LogP contribution >= 0.6 is 0 Å². The fourth-order valence-corrected chi connectivity index (χ4v) is 6.80. The first-order chi connectivity index (χ1) is 21.3. The number of hydrogen-bond acceptors (Lipinski definition) is 1. The van der Waals surface area contributed by atoms with E-state index in [1.54, 1.807) is 0 Å². The maximum atomic E-state index is 5.40. The van der Waals surface area contributed by atoms with Crippen LogP contribution in [0.5, 0.6) is 0 Å². The molecule has 0 spiro atoms. The van der Waals surface area contributed by atoms with Crippen LogP contribution in [0.1, 0.15) is 0 Å². The van der Waals surface area contributed by atoms with Gasteiger partial charge in [0.15, 0.2) is 0 Å². The van der Waals surface area contributed by atoms with E-state index in [0.29, 0.717) is 0 Å². The molecule has 1 aromatic heterocycles. The van der Waals surface area contributed by atoms with Gasteiger partial charge in [0.1, 0.15) is 5.69 Å². The lowest BCUT2D eigenvalue weighted by molar-refractivity contribution is 0.917. The lowest BCUT2D eigenvalue weighted by Crippen LogP contribution is -1.97. The predicted molar refractivity (Wildman–Crippen MR) is 182 cm³/mol. The zero-order chi connectivity index (χ0) is 28.3. The van der Waals surface area contributed by atoms with Crippen molar-refractivity contribution in [2.75, 3.05) is 0 Å². The number of para-hydroxylation sites is 1. The van der Waals surface area contributed by atoms with Crippen molar-refractivity contribution in [3.05, 3.63) is 158 Å². The molecular weight excluding hydrogens is 520 g/mol. The van der Waals surface area contributed by atoms with Crippen LogP contribution in [0.3, 0.4) is 0 Å². The quantitative estimate of drug-likeness (QED) is 0.202. The Morgan fingerprint density at radius 1 is 0.372 bits per heavy atom. The number of benzene rings is 8. The Balaban J connectivity index is 1.37. The molecule has 43 heavy (non-hydrogen) atoms. The van der Waals surface area contributed by atoms with Crippen molar-refractivity contribution in [3.63, 3.8) is 0 Å². The molecular formula is C41H26N2. The van der Waals surface area contributed by atoms with E-state index in [-0.39, 0.29) is 0 Å². The largest absolute Gasteiger partial charge is 0.232 e. The van der Waals surface area contributed by atoms with E-state index < -0.39 is 0 Å². The normalized spacial score (nSPS) is 11.7. The second kappa shape index (κ2) is 9.40. The van der Waals surface area contributed by atoms with Crippen LogP contribution < -0.4 is 0 Å². The lowest BCUT2D eigenvalue weighted by atomic mass is 9.86. The third-order valence-electron chi connectivity index (χ3n) is 8.77. The summed E-state index contributed by atoms with van der Waals surface area (Å²) in [7, 11) is 0. The molecule has 0 bridgehead atoms. The van der Waals surface area contributed by atoms with Crippen molar-refractivity contribution in [2.24, 2.45) is 0 Å². The van der Waals surface area contributed by atoms with Crippen LogP contribution in [-0.4, -0.2) is 9.78 Å². The summed E-state index contributed by atoms with van der Waals surface area (Å²) >= 11 is 0. The SMILES string of the molecule is c1ccc2cc(-c3c4ccccc4c(-c4nn(-c5ccc6ccccc6c5)c5ccccc45)c4ccccc34)ccc2c1. The summed E-state index contributed by atoms with van der Waals surface area (Å²) in [6.45, 7) is 0. The fourth-order valence-electron chi connectivity index (χ4n) is 6.80. The molecule has 0 aliphatic carbocycles. The van der Waals surface area contributed by atoms with Gasteiger partial charge in [-0.15, -0.1) is 0 Å². The molecule has 200 valence electrons. The van der Waals surface area contributed by atoms with Gasteiger partial charge in [-0.25, -0.2) is 4.68 Å². The van der Waals surface area contributed by atoms with E-state index in [0.717, 1.165) is 22.3 Å². The highest BCUT2D eigenvalue weighted by Crippen LogP contribution is 2.45. The third-order valence-corrected chi connectivity index (χ3v) is 8.77. The maximum Gasteiger partial charge on any atom is 0.102 e. The van der Waals surface area contributed by atoms with Crippen LogP contribution in [0.25, 0.3) is 82.1 Å². The average Bonchev–Trinajstić information content (AvgIpc) is 3.46. The number of fused-ring (bicyclic) bond motifs is 5. The lowest BCUT2D eigenvalue weighted by Gasteiger charge is -2.17. The van der Waals surface area contributed by atoms with Crippen molar-refractivity contribution < 1.29 is 0 Å². The Hall–Kier alpha value is -5.73. The molecule has 0 saturated heterocycles. The van der Waals surface area contributed by atoms with Gasteiger partial charge in [-0.05, 0) is 78.5 Å². The molecule has 2 heteroatoms. The zero-order valence-corrected chi connectivity index (χ0v) is 23.4. The van der Waals surface area contributed by atoms with Crippen molar-refractivity contribution in [3.8, 4) is 28.1 Å². The van der Waals surface area contributed by atoms with E-state index in [1.165, 1.54) is 59.8 Å². The molecule has 0 radical (unpaired) electrons. The topological polar surface area (TPSA) is 17.8 Å². The highest BCUT2D eigenvalue weighted by atomic mass is 15.3. The number of rotatable bonds is 3. The van der Waals surface area contributed by atoms with Crippen LogP contribution in [0.2, 0.25) is 0 Å². The fraction of sp³-hybridized carbons (Fsp3) is 0. The second-order valence-corrected chi connectivity index (χ2v) is 11.2. The van der Waals surface area contributed by atoms with Crippen molar-refractivity contribution >= 4 is 54.0 Å². The predicted octanol–water partition coefficient (Wildman–Crippen LogP) is 11.0. The summed E-state index contributed by atoms with van der Waals surface area (Å²) in [5, 5.41) is 16.3. The third kappa shape index (κ3) is 3.70. The summed E-state index contributed by atoms with van der Waals surface area (Å²) in [5.41, 5.74) is 6.82. The monoisotopic (exact) mass is 546 g/mol. The first-order valence-corrected chi connectivity index (χ1v) is 14.7. The van der Waals surface area contributed by atoms with E-state index in [4.69, 9.17) is 5.10 Å². The van der Waals surface area contributed by atoms with Gasteiger partial charge in [0.05, 0.1) is 11.2 Å². The van der Waals surface area contributed by atoms with E-state index >= 15 is 0 Å². The molecule has 0 aliphatic rings. The van der Waals surface area contributed by atoms with Gasteiger partial charge in [-0.2, -0.15) is 5.10 Å². The molecule has 0 amide bonds. The van der Waals surface area contributed by atoms with Gasteiger partial charge in [0, 0.05) is 10.9 Å². The molecule has 9 rings (SSSR count). The van der Waals surface area contributed by atoms with Crippen LogP contribution in [0.4, 0.5) is 0 Å². The molecule has 0 fully saturated rings. The summed E-state index contributed by atoms with van der Waals surface area (Å²) in [5.74, 6) is 0. The Morgan fingerprint density at radius 2 is 0.860 bits per heavy atom. The first-order valence-electron chi connectivity index (χ1n) is 14.7. The highest BCUT2D eigenvalue weighted by molar-refractivity contribution is 6.23. The molecule has 0 atom stereocenters. The average molecular weight is 547 g/mol. The van der Waals surface area contributed by atoms with Gasteiger partial charge in [0.25, 0.3) is 0 Å². The summed E-state index contributed by atoms with van der Waals surface area (Å²) in [6, 6.07) is 56.7. The molecule has 0 unspecified atom stereocenters. The highest BCUT2D eigenvalue weighted by Gasteiger charge is 2.21.